The van der Waals surface area contributed by atoms with Crippen molar-refractivity contribution in [3.63, 3.8) is 0 Å². The molecule has 27 heavy (non-hydrogen) atoms. The highest BCUT2D eigenvalue weighted by molar-refractivity contribution is 5.92. The molecule has 1 heterocycles. The van der Waals surface area contributed by atoms with Gasteiger partial charge in [0, 0.05) is 19.7 Å². The van der Waals surface area contributed by atoms with Gasteiger partial charge in [0.25, 0.3) is 0 Å². The first kappa shape index (κ1) is 19.2. The molecule has 144 valence electrons. The molecule has 0 radical (unpaired) electrons. The van der Waals surface area contributed by atoms with E-state index in [2.05, 4.69) is 15.5 Å². The summed E-state index contributed by atoms with van der Waals surface area (Å²) in [5.74, 6) is 0.620. The number of amides is 2. The van der Waals surface area contributed by atoms with Crippen LogP contribution in [0.5, 0.6) is 5.75 Å². The van der Waals surface area contributed by atoms with Crippen LogP contribution in [0.2, 0.25) is 0 Å². The Morgan fingerprint density at radius 3 is 2.63 bits per heavy atom. The Bertz CT molecular complexity index is 767. The monoisotopic (exact) mass is 369 g/mol. The number of rotatable bonds is 6. The summed E-state index contributed by atoms with van der Waals surface area (Å²) in [5, 5.41) is 5.96. The summed E-state index contributed by atoms with van der Waals surface area (Å²) in [7, 11) is 3.62. The van der Waals surface area contributed by atoms with Crippen LogP contribution in [-0.2, 0) is 4.74 Å². The smallest absolute Gasteiger partial charge is 0.319 e. The van der Waals surface area contributed by atoms with Crippen LogP contribution in [0.1, 0.15) is 6.92 Å². The van der Waals surface area contributed by atoms with Gasteiger partial charge in [0.15, 0.2) is 0 Å². The quantitative estimate of drug-likeness (QED) is 0.821. The third kappa shape index (κ3) is 4.78. The lowest BCUT2D eigenvalue weighted by atomic mass is 10.0. The van der Waals surface area contributed by atoms with Crippen molar-refractivity contribution in [2.75, 3.05) is 39.2 Å². The Morgan fingerprint density at radius 1 is 1.15 bits per heavy atom. The highest BCUT2D eigenvalue weighted by Crippen LogP contribution is 2.30. The summed E-state index contributed by atoms with van der Waals surface area (Å²) < 4.78 is 11.2. The number of likely N-dealkylation sites (N-methyl/N-ethyl adjacent to an activating group) is 1. The number of hydrogen-bond donors (Lipinski definition) is 2. The fraction of sp³-hybridized carbons (Fsp3) is 0.381. The molecule has 2 aromatic rings. The summed E-state index contributed by atoms with van der Waals surface area (Å²) in [6, 6.07) is 15.5. The minimum atomic E-state index is -0.261. The van der Waals surface area contributed by atoms with Crippen LogP contribution < -0.4 is 15.4 Å². The molecule has 0 spiro atoms. The van der Waals surface area contributed by atoms with Crippen LogP contribution in [0.15, 0.2) is 48.5 Å². The molecular weight excluding hydrogens is 342 g/mol. The normalized spacial score (nSPS) is 19.7. The largest absolute Gasteiger partial charge is 0.495 e. The summed E-state index contributed by atoms with van der Waals surface area (Å²) in [6.07, 6.45) is 0.00305. The van der Waals surface area contributed by atoms with E-state index < -0.39 is 0 Å². The minimum Gasteiger partial charge on any atom is -0.495 e. The van der Waals surface area contributed by atoms with Crippen LogP contribution in [0.25, 0.3) is 11.1 Å². The Hall–Kier alpha value is -2.57. The molecular formula is C21H27N3O3. The molecule has 2 amide bonds. The van der Waals surface area contributed by atoms with E-state index in [-0.39, 0.29) is 18.2 Å². The Morgan fingerprint density at radius 2 is 1.93 bits per heavy atom. The van der Waals surface area contributed by atoms with Crippen LogP contribution in [-0.4, -0.2) is 56.9 Å². The molecule has 1 aliphatic heterocycles. The van der Waals surface area contributed by atoms with Crippen LogP contribution in [0, 0.1) is 0 Å². The first-order valence-corrected chi connectivity index (χ1v) is 9.21. The van der Waals surface area contributed by atoms with Crippen LogP contribution >= 0.6 is 0 Å². The number of benzene rings is 2. The molecule has 2 aromatic carbocycles. The van der Waals surface area contributed by atoms with E-state index in [4.69, 9.17) is 9.47 Å². The van der Waals surface area contributed by atoms with E-state index in [1.54, 1.807) is 7.11 Å². The van der Waals surface area contributed by atoms with E-state index in [1.807, 2.05) is 62.5 Å². The van der Waals surface area contributed by atoms with Gasteiger partial charge in [-0.25, -0.2) is 4.79 Å². The molecule has 0 aliphatic carbocycles. The van der Waals surface area contributed by atoms with Crippen LogP contribution in [0.4, 0.5) is 10.5 Å². The number of ether oxygens (including phenoxy) is 2. The zero-order valence-electron chi connectivity index (χ0n) is 16.1. The molecule has 6 nitrogen and oxygen atoms in total. The first-order chi connectivity index (χ1) is 13.1. The van der Waals surface area contributed by atoms with Crippen molar-refractivity contribution in [1.29, 1.82) is 0 Å². The maximum absolute atomic E-state index is 12.6. The van der Waals surface area contributed by atoms with Gasteiger partial charge in [-0.2, -0.15) is 0 Å². The lowest BCUT2D eigenvalue weighted by molar-refractivity contribution is 0.0568. The lowest BCUT2D eigenvalue weighted by Gasteiger charge is -2.20. The minimum absolute atomic E-state index is 0.00305. The summed E-state index contributed by atoms with van der Waals surface area (Å²) in [5.41, 5.74) is 2.73. The Labute approximate surface area is 160 Å². The molecule has 0 aromatic heterocycles. The second-order valence-electron chi connectivity index (χ2n) is 6.70. The third-order valence-electron chi connectivity index (χ3n) is 4.70. The molecule has 3 rings (SSSR count). The third-order valence-corrected chi connectivity index (χ3v) is 4.70. The Balaban J connectivity index is 1.73. The van der Waals surface area contributed by atoms with E-state index in [0.717, 1.165) is 24.2 Å². The van der Waals surface area contributed by atoms with Gasteiger partial charge in [-0.05, 0) is 37.2 Å². The lowest BCUT2D eigenvalue weighted by Crippen LogP contribution is -2.45. The number of likely N-dealkylation sites (tertiary alicyclic amines) is 1. The SMILES string of the molecule is CCO[C@H]1CN(C)C[C@@H]1NC(=O)Nc1cc(-c2ccccc2)ccc1OC. The number of anilines is 1. The zero-order chi connectivity index (χ0) is 19.2. The molecule has 0 bridgehead atoms. The van der Waals surface area contributed by atoms with Gasteiger partial charge in [0.05, 0.1) is 24.9 Å². The van der Waals surface area contributed by atoms with Crippen molar-refractivity contribution in [3.05, 3.63) is 48.5 Å². The number of carbonyl (C=O) groups is 1. The number of methoxy groups -OCH3 is 1. The summed E-state index contributed by atoms with van der Waals surface area (Å²) in [4.78, 5) is 14.7. The van der Waals surface area contributed by atoms with Crippen LogP contribution in [0.3, 0.4) is 0 Å². The van der Waals surface area contributed by atoms with E-state index >= 15 is 0 Å². The van der Waals surface area contributed by atoms with Gasteiger partial charge in [0.2, 0.25) is 0 Å². The maximum Gasteiger partial charge on any atom is 0.319 e. The van der Waals surface area contributed by atoms with Gasteiger partial charge in [-0.15, -0.1) is 0 Å². The maximum atomic E-state index is 12.6. The number of nitrogens with one attached hydrogen (secondary N) is 2. The highest BCUT2D eigenvalue weighted by atomic mass is 16.5. The molecule has 0 saturated carbocycles. The van der Waals surface area contributed by atoms with E-state index in [9.17, 15) is 4.79 Å². The average molecular weight is 369 g/mol. The number of hydrogen-bond acceptors (Lipinski definition) is 4. The predicted molar refractivity (Wildman–Crippen MR) is 107 cm³/mol. The zero-order valence-corrected chi connectivity index (χ0v) is 16.1. The fourth-order valence-corrected chi connectivity index (χ4v) is 3.43. The van der Waals surface area contributed by atoms with Crippen molar-refractivity contribution in [3.8, 4) is 16.9 Å². The standard InChI is InChI=1S/C21H27N3O3/c1-4-27-20-14-24(2)13-18(20)23-21(25)22-17-12-16(10-11-19(17)26-3)15-8-6-5-7-9-15/h5-12,18,20H,4,13-14H2,1-3H3,(H2,22,23,25)/t18-,20-/m0/s1. The van der Waals surface area contributed by atoms with Gasteiger partial charge < -0.3 is 25.0 Å². The van der Waals surface area contributed by atoms with Gasteiger partial charge in [-0.3, -0.25) is 0 Å². The van der Waals surface area contributed by atoms with Crippen molar-refractivity contribution < 1.29 is 14.3 Å². The predicted octanol–water partition coefficient (Wildman–Crippen LogP) is 3.20. The highest BCUT2D eigenvalue weighted by Gasteiger charge is 2.32. The molecule has 2 atom stereocenters. The molecule has 1 aliphatic rings. The van der Waals surface area contributed by atoms with Crippen molar-refractivity contribution >= 4 is 11.7 Å². The number of carbonyl (C=O) groups excluding carboxylic acids is 1. The second kappa shape index (κ2) is 8.88. The average Bonchev–Trinajstić information content (AvgIpc) is 3.01. The fourth-order valence-electron chi connectivity index (χ4n) is 3.43. The molecule has 1 saturated heterocycles. The van der Waals surface area contributed by atoms with Crippen molar-refractivity contribution in [2.24, 2.45) is 0 Å². The topological polar surface area (TPSA) is 62.8 Å². The summed E-state index contributed by atoms with van der Waals surface area (Å²) in [6.45, 7) is 4.17. The molecule has 2 N–H and O–H groups in total. The molecule has 6 heteroatoms. The summed E-state index contributed by atoms with van der Waals surface area (Å²) >= 11 is 0. The molecule has 0 unspecified atom stereocenters. The molecule has 1 fully saturated rings. The second-order valence-corrected chi connectivity index (χ2v) is 6.70. The Kier molecular flexibility index (Phi) is 6.32. The van der Waals surface area contributed by atoms with Gasteiger partial charge >= 0.3 is 6.03 Å². The van der Waals surface area contributed by atoms with E-state index in [0.29, 0.717) is 18.0 Å². The van der Waals surface area contributed by atoms with E-state index in [1.165, 1.54) is 0 Å². The van der Waals surface area contributed by atoms with Gasteiger partial charge in [-0.1, -0.05) is 36.4 Å². The number of nitrogens with zero attached hydrogens (tertiary/aromatic N) is 1. The van der Waals surface area contributed by atoms with Crippen molar-refractivity contribution in [1.82, 2.24) is 10.2 Å². The van der Waals surface area contributed by atoms with Crippen molar-refractivity contribution in [2.45, 2.75) is 19.1 Å². The number of urea groups is 1. The first-order valence-electron chi connectivity index (χ1n) is 9.21. The van der Waals surface area contributed by atoms with Gasteiger partial charge in [0.1, 0.15) is 5.75 Å².